The van der Waals surface area contributed by atoms with Crippen LogP contribution in [-0.4, -0.2) is 34.3 Å². The molecule has 0 atom stereocenters. The Kier molecular flexibility index (Phi) is 6.76. The minimum absolute atomic E-state index is 0.0158. The van der Waals surface area contributed by atoms with E-state index < -0.39 is 9.85 Å². The van der Waals surface area contributed by atoms with Gasteiger partial charge in [0.15, 0.2) is 0 Å². The fraction of sp³-hybridized carbons (Fsp3) is 0.125. The van der Waals surface area contributed by atoms with Crippen LogP contribution in [0.25, 0.3) is 22.1 Å². The molecule has 0 amide bonds. The molecule has 0 saturated carbocycles. The SMILES string of the molecule is CI.Cn1ccc2cc([N+](=O)[O-])cnc21.O=[N+]([O-])c1cnc2[nH]ccc2c1. The first kappa shape index (κ1) is 20.2. The highest BCUT2D eigenvalue weighted by Crippen LogP contribution is 2.18. The van der Waals surface area contributed by atoms with Crippen molar-refractivity contribution in [1.82, 2.24) is 19.5 Å². The van der Waals surface area contributed by atoms with Gasteiger partial charge in [-0.2, -0.15) is 0 Å². The van der Waals surface area contributed by atoms with E-state index in [-0.39, 0.29) is 11.4 Å². The standard InChI is InChI=1S/C8H7N3O2.C7H5N3O2.CH3I/c1-10-3-2-6-4-7(11(12)13)5-9-8(6)10;11-10(12)6-3-5-1-2-8-7(5)9-4-6;1-2/h2-5H,1H3;1-4H,(H,8,9);1H3. The lowest BCUT2D eigenvalue weighted by Crippen LogP contribution is -1.91. The number of hydrogen-bond acceptors (Lipinski definition) is 6. The molecular weight excluding hydrogens is 467 g/mol. The summed E-state index contributed by atoms with van der Waals surface area (Å²) in [5.74, 6) is 0. The van der Waals surface area contributed by atoms with Gasteiger partial charge in [-0.25, -0.2) is 9.97 Å². The van der Waals surface area contributed by atoms with Crippen molar-refractivity contribution in [2.24, 2.45) is 7.05 Å². The van der Waals surface area contributed by atoms with Crippen molar-refractivity contribution in [1.29, 1.82) is 0 Å². The van der Waals surface area contributed by atoms with Crippen LogP contribution in [0.2, 0.25) is 0 Å². The van der Waals surface area contributed by atoms with Crippen molar-refractivity contribution >= 4 is 56.0 Å². The molecule has 0 aromatic carbocycles. The molecule has 11 heteroatoms. The van der Waals surface area contributed by atoms with Gasteiger partial charge in [-0.3, -0.25) is 20.2 Å². The van der Waals surface area contributed by atoms with Crippen LogP contribution < -0.4 is 0 Å². The Morgan fingerprint density at radius 3 is 2.22 bits per heavy atom. The van der Waals surface area contributed by atoms with Crippen molar-refractivity contribution in [2.45, 2.75) is 0 Å². The number of fused-ring (bicyclic) bond motifs is 2. The molecule has 1 N–H and O–H groups in total. The maximum atomic E-state index is 10.4. The third-order valence-electron chi connectivity index (χ3n) is 3.50. The number of nitrogens with zero attached hydrogens (tertiary/aromatic N) is 5. The summed E-state index contributed by atoms with van der Waals surface area (Å²) < 4.78 is 1.82. The maximum absolute atomic E-state index is 10.4. The first-order valence-corrected chi connectivity index (χ1v) is 9.62. The monoisotopic (exact) mass is 482 g/mol. The summed E-state index contributed by atoms with van der Waals surface area (Å²) in [6.07, 6.45) is 6.02. The van der Waals surface area contributed by atoms with Crippen molar-refractivity contribution in [3.63, 3.8) is 0 Å². The number of aromatic amines is 1. The van der Waals surface area contributed by atoms with Gasteiger partial charge < -0.3 is 9.55 Å². The van der Waals surface area contributed by atoms with Crippen molar-refractivity contribution < 1.29 is 9.85 Å². The van der Waals surface area contributed by atoms with Crippen molar-refractivity contribution in [3.05, 3.63) is 69.3 Å². The number of nitro groups is 2. The van der Waals surface area contributed by atoms with E-state index in [0.29, 0.717) is 5.65 Å². The van der Waals surface area contributed by atoms with Gasteiger partial charge in [-0.05, 0) is 17.1 Å². The van der Waals surface area contributed by atoms with Gasteiger partial charge in [0.25, 0.3) is 11.4 Å². The zero-order valence-corrected chi connectivity index (χ0v) is 16.5. The highest BCUT2D eigenvalue weighted by Gasteiger charge is 2.08. The predicted octanol–water partition coefficient (Wildman–Crippen LogP) is 4.00. The second kappa shape index (κ2) is 9.02. The second-order valence-electron chi connectivity index (χ2n) is 5.16. The number of hydrogen-bond donors (Lipinski definition) is 1. The van der Waals surface area contributed by atoms with Crippen LogP contribution >= 0.6 is 22.6 Å². The van der Waals surface area contributed by atoms with Gasteiger partial charge >= 0.3 is 0 Å². The number of aromatic nitrogens is 4. The minimum atomic E-state index is -0.459. The molecule has 0 saturated heterocycles. The minimum Gasteiger partial charge on any atom is -0.346 e. The molecule has 140 valence electrons. The van der Waals surface area contributed by atoms with Crippen LogP contribution in [0.3, 0.4) is 0 Å². The number of nitrogens with one attached hydrogen (secondary N) is 1. The van der Waals surface area contributed by atoms with E-state index in [1.165, 1.54) is 24.5 Å². The molecule has 0 spiro atoms. The van der Waals surface area contributed by atoms with Crippen molar-refractivity contribution in [3.8, 4) is 0 Å². The molecule has 0 radical (unpaired) electrons. The maximum Gasteiger partial charge on any atom is 0.288 e. The Labute approximate surface area is 166 Å². The van der Waals surface area contributed by atoms with Gasteiger partial charge in [-0.15, -0.1) is 0 Å². The summed E-state index contributed by atoms with van der Waals surface area (Å²) in [5.41, 5.74) is 1.46. The average Bonchev–Trinajstić information content (AvgIpc) is 3.29. The fourth-order valence-electron chi connectivity index (χ4n) is 2.27. The van der Waals surface area contributed by atoms with Crippen molar-refractivity contribution in [2.75, 3.05) is 4.93 Å². The quantitative estimate of drug-likeness (QED) is 0.199. The molecule has 4 rings (SSSR count). The highest BCUT2D eigenvalue weighted by molar-refractivity contribution is 14.1. The largest absolute Gasteiger partial charge is 0.346 e. The van der Waals surface area contributed by atoms with E-state index in [2.05, 4.69) is 37.5 Å². The first-order chi connectivity index (χ1) is 13.0. The predicted molar refractivity (Wildman–Crippen MR) is 110 cm³/mol. The van der Waals surface area contributed by atoms with Gasteiger partial charge in [0, 0.05) is 42.3 Å². The summed E-state index contributed by atoms with van der Waals surface area (Å²) in [5, 5.41) is 22.3. The lowest BCUT2D eigenvalue weighted by molar-refractivity contribution is -0.385. The van der Waals surface area contributed by atoms with E-state index in [9.17, 15) is 20.2 Å². The number of halogens is 1. The topological polar surface area (TPSA) is 133 Å². The van der Waals surface area contributed by atoms with Gasteiger partial charge in [0.2, 0.25) is 0 Å². The number of H-pyrrole nitrogens is 1. The molecular formula is C16H15IN6O4. The second-order valence-corrected chi connectivity index (χ2v) is 5.16. The molecule has 0 bridgehead atoms. The van der Waals surface area contributed by atoms with Crippen LogP contribution in [0.4, 0.5) is 11.4 Å². The van der Waals surface area contributed by atoms with Gasteiger partial charge in [0.1, 0.15) is 23.7 Å². The van der Waals surface area contributed by atoms with E-state index in [1.54, 1.807) is 18.3 Å². The summed E-state index contributed by atoms with van der Waals surface area (Å²) in [6, 6.07) is 6.55. The average molecular weight is 482 g/mol. The summed E-state index contributed by atoms with van der Waals surface area (Å²) in [4.78, 5) is 32.5. The van der Waals surface area contributed by atoms with E-state index in [1.807, 2.05) is 22.7 Å². The third kappa shape index (κ3) is 4.75. The van der Waals surface area contributed by atoms with Crippen LogP contribution in [0.1, 0.15) is 0 Å². The lowest BCUT2D eigenvalue weighted by atomic mass is 10.3. The Bertz CT molecular complexity index is 1090. The third-order valence-corrected chi connectivity index (χ3v) is 3.50. The lowest BCUT2D eigenvalue weighted by Gasteiger charge is -1.94. The Balaban J connectivity index is 0.000000178. The Morgan fingerprint density at radius 2 is 1.59 bits per heavy atom. The summed E-state index contributed by atoms with van der Waals surface area (Å²) in [7, 11) is 1.85. The van der Waals surface area contributed by atoms with Crippen LogP contribution in [0.5, 0.6) is 0 Å². The van der Waals surface area contributed by atoms with Gasteiger partial charge in [-0.1, -0.05) is 22.6 Å². The number of aryl methyl sites for hydroxylation is 1. The fourth-order valence-corrected chi connectivity index (χ4v) is 2.27. The smallest absolute Gasteiger partial charge is 0.288 e. The van der Waals surface area contributed by atoms with E-state index >= 15 is 0 Å². The molecule has 0 aliphatic carbocycles. The van der Waals surface area contributed by atoms with Gasteiger partial charge in [0.05, 0.1) is 9.85 Å². The molecule has 4 aromatic rings. The first-order valence-electron chi connectivity index (χ1n) is 7.46. The molecule has 0 aliphatic rings. The molecule has 0 aliphatic heterocycles. The summed E-state index contributed by atoms with van der Waals surface area (Å²) in [6.45, 7) is 0. The molecule has 0 unspecified atom stereocenters. The molecule has 4 aromatic heterocycles. The van der Waals surface area contributed by atoms with E-state index in [0.717, 1.165) is 16.4 Å². The number of alkyl halides is 1. The molecule has 27 heavy (non-hydrogen) atoms. The van der Waals surface area contributed by atoms with E-state index in [4.69, 9.17) is 0 Å². The highest BCUT2D eigenvalue weighted by atomic mass is 127. The molecule has 0 fully saturated rings. The van der Waals surface area contributed by atoms with Crippen LogP contribution in [0, 0.1) is 20.2 Å². The number of pyridine rings is 2. The summed E-state index contributed by atoms with van der Waals surface area (Å²) >= 11 is 2.15. The van der Waals surface area contributed by atoms with Crippen LogP contribution in [0.15, 0.2) is 49.1 Å². The Morgan fingerprint density at radius 1 is 1.00 bits per heavy atom. The van der Waals surface area contributed by atoms with Crippen LogP contribution in [-0.2, 0) is 7.05 Å². The number of rotatable bonds is 2. The zero-order valence-electron chi connectivity index (χ0n) is 14.4. The molecule has 10 nitrogen and oxygen atoms in total. The Hall–Kier alpha value is -3.09. The zero-order chi connectivity index (χ0) is 20.0. The molecule has 4 heterocycles. The normalized spacial score (nSPS) is 9.89.